The molecule has 0 aliphatic heterocycles. The van der Waals surface area contributed by atoms with E-state index in [0.717, 1.165) is 4.68 Å². The zero-order chi connectivity index (χ0) is 21.9. The van der Waals surface area contributed by atoms with Gasteiger partial charge in [0.15, 0.2) is 0 Å². The van der Waals surface area contributed by atoms with Crippen LogP contribution >= 0.6 is 23.2 Å². The molecule has 8 nitrogen and oxygen atoms in total. The minimum Gasteiger partial charge on any atom is -0.465 e. The lowest BCUT2D eigenvalue weighted by Gasteiger charge is -2.09. The number of hydrogen-bond donors (Lipinski definition) is 1. The molecule has 11 heteroatoms. The van der Waals surface area contributed by atoms with Crippen LogP contribution in [0.5, 0.6) is 0 Å². The Morgan fingerprint density at radius 3 is 2.33 bits per heavy atom. The van der Waals surface area contributed by atoms with Gasteiger partial charge in [-0.2, -0.15) is 9.78 Å². The lowest BCUT2D eigenvalue weighted by Crippen LogP contribution is -2.24. The van der Waals surface area contributed by atoms with E-state index in [1.54, 1.807) is 24.3 Å². The molecule has 2 aromatic carbocycles. The van der Waals surface area contributed by atoms with Crippen molar-refractivity contribution in [2.24, 2.45) is 0 Å². The molecule has 1 heterocycles. The van der Waals surface area contributed by atoms with Crippen LogP contribution in [0.3, 0.4) is 0 Å². The highest BCUT2D eigenvalue weighted by Gasteiger charge is 2.15. The van der Waals surface area contributed by atoms with Gasteiger partial charge in [-0.05, 0) is 42.0 Å². The first-order valence-corrected chi connectivity index (χ1v) is 10.7. The van der Waals surface area contributed by atoms with E-state index < -0.39 is 21.6 Å². The van der Waals surface area contributed by atoms with Crippen LogP contribution in [0.2, 0.25) is 10.0 Å². The zero-order valence-electron chi connectivity index (χ0n) is 15.5. The number of benzene rings is 2. The number of carbonyl (C=O) groups is 1. The molecule has 1 N–H and O–H groups in total. The second-order valence-electron chi connectivity index (χ2n) is 6.03. The molecule has 156 valence electrons. The highest BCUT2D eigenvalue weighted by Crippen LogP contribution is 2.17. The van der Waals surface area contributed by atoms with Crippen LogP contribution in [0.25, 0.3) is 5.69 Å². The first kappa shape index (κ1) is 22.0. The van der Waals surface area contributed by atoms with Gasteiger partial charge in [0.2, 0.25) is 10.0 Å². The standard InChI is InChI=1S/C19H15Cl2N3O5S/c1-29-19(26)13-4-2-12(3-5-13)10-23-30(27,28)15-8-6-14(7-9-15)24-18(25)17(21)16(20)11-22-24/h2-9,11,23H,10H2,1H3. The van der Waals surface area contributed by atoms with Gasteiger partial charge in [0.05, 0.1) is 34.5 Å². The van der Waals surface area contributed by atoms with E-state index in [1.807, 2.05) is 0 Å². The topological polar surface area (TPSA) is 107 Å². The van der Waals surface area contributed by atoms with E-state index in [-0.39, 0.29) is 21.5 Å². The highest BCUT2D eigenvalue weighted by atomic mass is 35.5. The average Bonchev–Trinajstić information content (AvgIpc) is 2.76. The number of nitrogens with zero attached hydrogens (tertiary/aromatic N) is 2. The Bertz CT molecular complexity index is 1240. The number of rotatable bonds is 6. The number of hydrogen-bond acceptors (Lipinski definition) is 6. The van der Waals surface area contributed by atoms with E-state index >= 15 is 0 Å². The number of halogens is 2. The number of methoxy groups -OCH3 is 1. The summed E-state index contributed by atoms with van der Waals surface area (Å²) in [7, 11) is -2.53. The Morgan fingerprint density at radius 1 is 1.10 bits per heavy atom. The average molecular weight is 468 g/mol. The van der Waals surface area contributed by atoms with Crippen LogP contribution in [-0.4, -0.2) is 31.3 Å². The molecule has 0 atom stereocenters. The van der Waals surface area contributed by atoms with Crippen molar-refractivity contribution in [2.75, 3.05) is 7.11 Å². The molecule has 0 saturated carbocycles. The van der Waals surface area contributed by atoms with Crippen molar-refractivity contribution >= 4 is 39.2 Å². The van der Waals surface area contributed by atoms with Crippen LogP contribution in [0.4, 0.5) is 0 Å². The van der Waals surface area contributed by atoms with Crippen molar-refractivity contribution < 1.29 is 17.9 Å². The summed E-state index contributed by atoms with van der Waals surface area (Å²) >= 11 is 11.6. The van der Waals surface area contributed by atoms with Crippen molar-refractivity contribution in [2.45, 2.75) is 11.4 Å². The van der Waals surface area contributed by atoms with Crippen molar-refractivity contribution in [3.05, 3.63) is 86.3 Å². The van der Waals surface area contributed by atoms with Crippen molar-refractivity contribution in [3.63, 3.8) is 0 Å². The van der Waals surface area contributed by atoms with Gasteiger partial charge in [-0.25, -0.2) is 17.9 Å². The molecule has 0 saturated heterocycles. The van der Waals surface area contributed by atoms with E-state index in [0.29, 0.717) is 16.8 Å². The molecule has 3 rings (SSSR count). The summed E-state index contributed by atoms with van der Waals surface area (Å²) in [6.07, 6.45) is 1.23. The Labute approximate surface area is 182 Å². The lowest BCUT2D eigenvalue weighted by molar-refractivity contribution is 0.0600. The highest BCUT2D eigenvalue weighted by molar-refractivity contribution is 7.89. The van der Waals surface area contributed by atoms with Crippen LogP contribution < -0.4 is 10.3 Å². The smallest absolute Gasteiger partial charge is 0.337 e. The SMILES string of the molecule is COC(=O)c1ccc(CNS(=O)(=O)c2ccc(-n3ncc(Cl)c(Cl)c3=O)cc2)cc1. The van der Waals surface area contributed by atoms with Gasteiger partial charge >= 0.3 is 5.97 Å². The van der Waals surface area contributed by atoms with Gasteiger partial charge in [0.1, 0.15) is 5.02 Å². The van der Waals surface area contributed by atoms with E-state index in [9.17, 15) is 18.0 Å². The number of nitrogens with one attached hydrogen (secondary N) is 1. The minimum atomic E-state index is -3.81. The largest absolute Gasteiger partial charge is 0.465 e. The first-order valence-electron chi connectivity index (χ1n) is 8.43. The molecular weight excluding hydrogens is 453 g/mol. The van der Waals surface area contributed by atoms with E-state index in [2.05, 4.69) is 14.6 Å². The third-order valence-corrected chi connectivity index (χ3v) is 6.28. The van der Waals surface area contributed by atoms with E-state index in [4.69, 9.17) is 23.2 Å². The summed E-state index contributed by atoms with van der Waals surface area (Å²) < 4.78 is 33.2. The summed E-state index contributed by atoms with van der Waals surface area (Å²) in [6, 6.07) is 11.9. The summed E-state index contributed by atoms with van der Waals surface area (Å²) in [5, 5.41) is 3.74. The fraction of sp³-hybridized carbons (Fsp3) is 0.105. The Kier molecular flexibility index (Phi) is 6.57. The summed E-state index contributed by atoms with van der Waals surface area (Å²) in [5.41, 5.74) is 0.740. The summed E-state index contributed by atoms with van der Waals surface area (Å²) in [5.74, 6) is -0.474. The van der Waals surface area contributed by atoms with Crippen LogP contribution in [-0.2, 0) is 21.3 Å². The molecule has 0 spiro atoms. The molecule has 3 aromatic rings. The fourth-order valence-electron chi connectivity index (χ4n) is 2.50. The lowest BCUT2D eigenvalue weighted by atomic mass is 10.1. The molecule has 0 aliphatic carbocycles. The normalized spacial score (nSPS) is 11.3. The predicted octanol–water partition coefficient (Wildman–Crippen LogP) is 2.80. The predicted molar refractivity (Wildman–Crippen MR) is 112 cm³/mol. The van der Waals surface area contributed by atoms with Crippen LogP contribution in [0.15, 0.2) is 64.4 Å². The maximum Gasteiger partial charge on any atom is 0.337 e. The maximum atomic E-state index is 12.5. The van der Waals surface area contributed by atoms with Crippen molar-refractivity contribution in [1.29, 1.82) is 0 Å². The molecule has 0 radical (unpaired) electrons. The van der Waals surface area contributed by atoms with Gasteiger partial charge in [0.25, 0.3) is 5.56 Å². The van der Waals surface area contributed by atoms with E-state index in [1.165, 1.54) is 37.6 Å². The van der Waals surface area contributed by atoms with Gasteiger partial charge in [-0.3, -0.25) is 4.79 Å². The molecule has 0 amide bonds. The third-order valence-electron chi connectivity index (χ3n) is 4.11. The van der Waals surface area contributed by atoms with Gasteiger partial charge in [-0.15, -0.1) is 0 Å². The number of sulfonamides is 1. The number of ether oxygens (including phenoxy) is 1. The second kappa shape index (κ2) is 8.97. The Morgan fingerprint density at radius 2 is 1.73 bits per heavy atom. The molecule has 0 unspecified atom stereocenters. The molecule has 0 fully saturated rings. The van der Waals surface area contributed by atoms with Gasteiger partial charge in [-0.1, -0.05) is 35.3 Å². The second-order valence-corrected chi connectivity index (χ2v) is 8.58. The minimum absolute atomic E-state index is 0.00513. The maximum absolute atomic E-state index is 12.5. The van der Waals surface area contributed by atoms with Crippen LogP contribution in [0.1, 0.15) is 15.9 Å². The first-order chi connectivity index (χ1) is 14.2. The zero-order valence-corrected chi connectivity index (χ0v) is 17.8. The summed E-state index contributed by atoms with van der Waals surface area (Å²) in [6.45, 7) is 0.0271. The van der Waals surface area contributed by atoms with Crippen LogP contribution in [0, 0.1) is 0 Å². The number of carbonyl (C=O) groups excluding carboxylic acids is 1. The third kappa shape index (κ3) is 4.71. The molecule has 30 heavy (non-hydrogen) atoms. The van der Waals surface area contributed by atoms with Crippen molar-refractivity contribution in [1.82, 2.24) is 14.5 Å². The number of aromatic nitrogens is 2. The molecule has 0 bridgehead atoms. The monoisotopic (exact) mass is 467 g/mol. The molecule has 1 aromatic heterocycles. The summed E-state index contributed by atoms with van der Waals surface area (Å²) in [4.78, 5) is 23.6. The molecular formula is C19H15Cl2N3O5S. The molecule has 0 aliphatic rings. The quantitative estimate of drug-likeness (QED) is 0.558. The van der Waals surface area contributed by atoms with Gasteiger partial charge in [0, 0.05) is 6.54 Å². The van der Waals surface area contributed by atoms with Gasteiger partial charge < -0.3 is 4.74 Å². The Balaban J connectivity index is 1.75. The number of esters is 1. The Hall–Kier alpha value is -2.72. The fourth-order valence-corrected chi connectivity index (χ4v) is 3.77. The van der Waals surface area contributed by atoms with Crippen molar-refractivity contribution in [3.8, 4) is 5.69 Å².